The number of carbonyl (C=O) groups is 3. The molecule has 290 valence electrons. The number of allylic oxidation sites excluding steroid dienone is 2. The van der Waals surface area contributed by atoms with Gasteiger partial charge in [0.25, 0.3) is 6.01 Å². The molecule has 4 aliphatic rings. The molecule has 1 N–H and O–H groups in total. The summed E-state index contributed by atoms with van der Waals surface area (Å²) in [6, 6.07) is 12.0. The number of rotatable bonds is 8. The molecule has 0 radical (unpaired) electrons. The molecule has 4 aromatic rings. The number of carbonyl (C=O) groups excluding carboxylic acids is 2. The molecular formula is C44H51FN4O5S. The zero-order valence-corrected chi connectivity index (χ0v) is 32.6. The van der Waals surface area contributed by atoms with Crippen LogP contribution in [0.5, 0.6) is 6.01 Å². The largest absolute Gasteiger partial charge is 0.481 e. The smallest absolute Gasteiger partial charge is 0.310 e. The number of para-hydroxylation sites is 1. The van der Waals surface area contributed by atoms with Crippen LogP contribution in [0, 0.1) is 23.1 Å². The number of fused-ring (bicyclic) bond motifs is 3. The summed E-state index contributed by atoms with van der Waals surface area (Å²) in [4.78, 5) is 53.5. The van der Waals surface area contributed by atoms with Gasteiger partial charge < -0.3 is 14.7 Å². The van der Waals surface area contributed by atoms with Crippen LogP contribution in [0.25, 0.3) is 21.6 Å². The van der Waals surface area contributed by atoms with Gasteiger partial charge in [0.2, 0.25) is 5.91 Å². The van der Waals surface area contributed by atoms with E-state index in [2.05, 4.69) is 35.9 Å². The molecule has 8 rings (SSSR count). The molecule has 2 saturated carbocycles. The first-order valence-corrected chi connectivity index (χ1v) is 21.1. The number of aliphatic carboxylic acids is 1. The molecule has 0 unspecified atom stereocenters. The summed E-state index contributed by atoms with van der Waals surface area (Å²) >= 11 is 1.65. The van der Waals surface area contributed by atoms with E-state index in [0.29, 0.717) is 31.2 Å². The van der Waals surface area contributed by atoms with Crippen molar-refractivity contribution in [2.75, 3.05) is 6.54 Å². The van der Waals surface area contributed by atoms with Crippen molar-refractivity contribution in [3.63, 3.8) is 0 Å². The van der Waals surface area contributed by atoms with Crippen molar-refractivity contribution >= 4 is 40.0 Å². The first-order valence-electron chi connectivity index (χ1n) is 20.2. The Kier molecular flexibility index (Phi) is 10.7. The Hall–Kier alpha value is -4.38. The number of halogens is 1. The highest BCUT2D eigenvalue weighted by Crippen LogP contribution is 2.57. The van der Waals surface area contributed by atoms with E-state index in [1.807, 2.05) is 18.2 Å². The van der Waals surface area contributed by atoms with E-state index in [1.165, 1.54) is 37.8 Å². The number of aromatic nitrogens is 3. The molecular weight excluding hydrogens is 716 g/mol. The van der Waals surface area contributed by atoms with Crippen molar-refractivity contribution in [2.45, 2.75) is 121 Å². The number of imidazole rings is 1. The number of carboxylic acids is 1. The second-order valence-electron chi connectivity index (χ2n) is 16.6. The molecule has 3 fully saturated rings. The van der Waals surface area contributed by atoms with Crippen LogP contribution in [-0.2, 0) is 20.8 Å². The predicted molar refractivity (Wildman–Crippen MR) is 211 cm³/mol. The van der Waals surface area contributed by atoms with Gasteiger partial charge in [0, 0.05) is 41.7 Å². The van der Waals surface area contributed by atoms with E-state index >= 15 is 0 Å². The molecule has 0 spiro atoms. The summed E-state index contributed by atoms with van der Waals surface area (Å²) in [6.45, 7) is 4.35. The summed E-state index contributed by atoms with van der Waals surface area (Å²) in [5, 5.41) is 13.5. The molecule has 55 heavy (non-hydrogen) atoms. The third-order valence-electron chi connectivity index (χ3n) is 12.5. The Bertz CT molecular complexity index is 2080. The van der Waals surface area contributed by atoms with E-state index in [0.717, 1.165) is 58.5 Å². The maximum atomic E-state index is 14.7. The lowest BCUT2D eigenvalue weighted by Crippen LogP contribution is -2.45. The minimum atomic E-state index is -1.15. The molecule has 1 amide bonds. The van der Waals surface area contributed by atoms with Gasteiger partial charge >= 0.3 is 5.97 Å². The van der Waals surface area contributed by atoms with Crippen LogP contribution < -0.4 is 4.74 Å². The molecule has 0 bridgehead atoms. The normalized spacial score (nSPS) is 27.2. The van der Waals surface area contributed by atoms with Crippen LogP contribution in [0.3, 0.4) is 0 Å². The average Bonchev–Trinajstić information content (AvgIpc) is 3.76. The van der Waals surface area contributed by atoms with Crippen molar-refractivity contribution in [1.29, 1.82) is 0 Å². The molecule has 2 aliphatic carbocycles. The van der Waals surface area contributed by atoms with Crippen molar-refractivity contribution in [1.82, 2.24) is 19.4 Å². The minimum Gasteiger partial charge on any atom is -0.481 e. The monoisotopic (exact) mass is 766 g/mol. The first-order chi connectivity index (χ1) is 26.6. The second-order valence-corrected chi connectivity index (χ2v) is 17.4. The zero-order chi connectivity index (χ0) is 38.3. The van der Waals surface area contributed by atoms with E-state index in [9.17, 15) is 23.9 Å². The van der Waals surface area contributed by atoms with Crippen LogP contribution in [0.1, 0.15) is 114 Å². The Balaban J connectivity index is 1.11. The molecule has 1 saturated heterocycles. The van der Waals surface area contributed by atoms with Crippen molar-refractivity contribution in [2.24, 2.45) is 17.3 Å². The van der Waals surface area contributed by atoms with Gasteiger partial charge in [-0.25, -0.2) is 9.37 Å². The highest BCUT2D eigenvalue weighted by molar-refractivity contribution is 7.13. The average molecular weight is 767 g/mol. The molecule has 4 heterocycles. The lowest BCUT2D eigenvalue weighted by atomic mass is 9.90. The summed E-state index contributed by atoms with van der Waals surface area (Å²) in [5.74, 6) is -1.78. The summed E-state index contributed by atoms with van der Waals surface area (Å²) in [5.41, 5.74) is 3.55. The van der Waals surface area contributed by atoms with E-state index < -0.39 is 29.4 Å². The first kappa shape index (κ1) is 37.5. The number of thiazole rings is 1. The highest BCUT2D eigenvalue weighted by Gasteiger charge is 2.61. The lowest BCUT2D eigenvalue weighted by Gasteiger charge is -2.29. The number of benzene rings is 2. The standard InChI is InChI=1S/C44H51FN4O5S/c1-27(2)49-36-16-10-15-34(40-46-35(26-55-40)29-11-8-9-12-29)39(36)47-43(49)54-33-22-37-38(50)24-44(42(52)53)23-31(44)14-7-5-3-4-6-13-30(41(51)48(37)25-33)21-28-17-19-32(45)20-18-28/h7,10,14-20,26-27,29-31,33,37H,3-6,8-9,11-13,21-25H2,1-2H3,(H,52,53)/b14-7-/t30-,31+,33-,37+,44-/m1/s1. The van der Waals surface area contributed by atoms with Crippen molar-refractivity contribution < 1.29 is 28.6 Å². The number of carboxylic acid groups (broad SMARTS) is 1. The Morgan fingerprint density at radius 2 is 1.82 bits per heavy atom. The van der Waals surface area contributed by atoms with Crippen LogP contribution in [-0.4, -0.2) is 60.9 Å². The fourth-order valence-corrected chi connectivity index (χ4v) is 10.3. The number of ketones is 1. The Morgan fingerprint density at radius 3 is 2.58 bits per heavy atom. The third kappa shape index (κ3) is 7.61. The number of Topliss-reactive ketones (excluding diaryl/α,β-unsaturated/α-hetero) is 1. The van der Waals surface area contributed by atoms with Gasteiger partial charge in [0.1, 0.15) is 22.4 Å². The van der Waals surface area contributed by atoms with Gasteiger partial charge in [0.15, 0.2) is 5.78 Å². The Morgan fingerprint density at radius 1 is 1.04 bits per heavy atom. The van der Waals surface area contributed by atoms with Gasteiger partial charge in [0.05, 0.1) is 29.2 Å². The maximum absolute atomic E-state index is 14.7. The number of nitrogens with zero attached hydrogens (tertiary/aromatic N) is 4. The molecule has 5 atom stereocenters. The summed E-state index contributed by atoms with van der Waals surface area (Å²) in [6.07, 6.45) is 13.5. The fraction of sp³-hybridized carbons (Fsp3) is 0.523. The van der Waals surface area contributed by atoms with Gasteiger partial charge in [-0.3, -0.25) is 19.0 Å². The lowest BCUT2D eigenvalue weighted by molar-refractivity contribution is -0.147. The predicted octanol–water partition coefficient (Wildman–Crippen LogP) is 9.32. The van der Waals surface area contributed by atoms with Crippen LogP contribution in [0.2, 0.25) is 0 Å². The molecule has 11 heteroatoms. The highest BCUT2D eigenvalue weighted by atomic mass is 32.1. The van der Waals surface area contributed by atoms with E-state index in [1.54, 1.807) is 28.4 Å². The number of amides is 1. The van der Waals surface area contributed by atoms with Gasteiger partial charge in [-0.2, -0.15) is 4.98 Å². The maximum Gasteiger partial charge on any atom is 0.310 e. The van der Waals surface area contributed by atoms with E-state index in [4.69, 9.17) is 14.7 Å². The SMILES string of the molecule is CC(C)n1c(O[C@@H]2C[C@H]3C(=O)C[C@]4(C(=O)O)C[C@@H]4/C=C\CCCCC[C@H](Cc4ccc(F)cc4)C(=O)N3C2)nc2c(-c3nc(C4CCCC4)cs3)cccc21. The number of hydrogen-bond donors (Lipinski definition) is 1. The topological polar surface area (TPSA) is 115 Å². The van der Waals surface area contributed by atoms with E-state index in [-0.39, 0.29) is 48.9 Å². The molecule has 2 aromatic carbocycles. The fourth-order valence-electron chi connectivity index (χ4n) is 9.33. The quantitative estimate of drug-likeness (QED) is 0.178. The van der Waals surface area contributed by atoms with Crippen molar-refractivity contribution in [3.05, 3.63) is 77.1 Å². The van der Waals surface area contributed by atoms with Gasteiger partial charge in [-0.1, -0.05) is 56.0 Å². The molecule has 2 aliphatic heterocycles. The number of hydrogen-bond acceptors (Lipinski definition) is 7. The van der Waals surface area contributed by atoms with Crippen LogP contribution >= 0.6 is 11.3 Å². The third-order valence-corrected chi connectivity index (χ3v) is 13.4. The van der Waals surface area contributed by atoms with Gasteiger partial charge in [-0.05, 0) is 94.5 Å². The van der Waals surface area contributed by atoms with Crippen LogP contribution in [0.15, 0.2) is 60.0 Å². The molecule has 9 nitrogen and oxygen atoms in total. The molecule has 2 aromatic heterocycles. The zero-order valence-electron chi connectivity index (χ0n) is 31.8. The summed E-state index contributed by atoms with van der Waals surface area (Å²) < 4.78 is 22.7. The van der Waals surface area contributed by atoms with Crippen LogP contribution in [0.4, 0.5) is 4.39 Å². The van der Waals surface area contributed by atoms with Gasteiger partial charge in [-0.15, -0.1) is 11.3 Å². The Labute approximate surface area is 326 Å². The summed E-state index contributed by atoms with van der Waals surface area (Å²) in [7, 11) is 0. The second kappa shape index (κ2) is 15.6. The minimum absolute atomic E-state index is 0.00564. The van der Waals surface area contributed by atoms with Crippen molar-refractivity contribution in [3.8, 4) is 16.6 Å². The number of ether oxygens (including phenoxy) is 1.